The van der Waals surface area contributed by atoms with Crippen LogP contribution in [-0.4, -0.2) is 9.97 Å². The molecule has 0 bridgehead atoms. The monoisotopic (exact) mass is 223 g/mol. The number of nitrogens with two attached hydrogens (primary N) is 1. The summed E-state index contributed by atoms with van der Waals surface area (Å²) in [5.74, 6) is 1.07. The number of H-pyrrole nitrogens is 1. The fourth-order valence-corrected chi connectivity index (χ4v) is 2.02. The first-order valence-electron chi connectivity index (χ1n) is 4.40. The molecule has 1 aromatic heterocycles. The topological polar surface area (TPSA) is 54.7 Å². The number of benzene rings is 1. The zero-order valence-corrected chi connectivity index (χ0v) is 8.94. The van der Waals surface area contributed by atoms with E-state index in [4.69, 9.17) is 5.73 Å². The highest BCUT2D eigenvalue weighted by Crippen LogP contribution is 2.29. The molecule has 3 nitrogen and oxygen atoms in total. The number of aromatic nitrogens is 2. The van der Waals surface area contributed by atoms with Crippen molar-refractivity contribution in [2.45, 2.75) is 16.8 Å². The van der Waals surface area contributed by atoms with Crippen LogP contribution in [0, 0.1) is 12.7 Å². The summed E-state index contributed by atoms with van der Waals surface area (Å²) in [6.45, 7) is 1.84. The molecular weight excluding hydrogens is 213 g/mol. The van der Waals surface area contributed by atoms with Gasteiger partial charge in [-0.3, -0.25) is 0 Å². The second-order valence-electron chi connectivity index (χ2n) is 3.10. The molecule has 0 saturated carbocycles. The Morgan fingerprint density at radius 3 is 2.53 bits per heavy atom. The van der Waals surface area contributed by atoms with E-state index in [9.17, 15) is 4.39 Å². The van der Waals surface area contributed by atoms with Crippen molar-refractivity contribution in [2.24, 2.45) is 0 Å². The van der Waals surface area contributed by atoms with E-state index >= 15 is 0 Å². The van der Waals surface area contributed by atoms with Gasteiger partial charge in [-0.25, -0.2) is 9.37 Å². The summed E-state index contributed by atoms with van der Waals surface area (Å²) in [5, 5.41) is 0.721. The van der Waals surface area contributed by atoms with Crippen LogP contribution in [0.25, 0.3) is 0 Å². The largest absolute Gasteiger partial charge is 0.383 e. The van der Waals surface area contributed by atoms with Crippen molar-refractivity contribution in [2.75, 3.05) is 5.73 Å². The predicted octanol–water partition coefficient (Wildman–Crippen LogP) is 2.59. The van der Waals surface area contributed by atoms with Crippen LogP contribution < -0.4 is 5.73 Å². The Morgan fingerprint density at radius 2 is 2.00 bits per heavy atom. The molecule has 2 aromatic rings. The Labute approximate surface area is 90.9 Å². The standard InChI is InChI=1S/C10H10FN3S/c1-6-13-9(12)10(14-6)15-8-4-2-7(11)3-5-8/h2-5H,12H2,1H3,(H,13,14). The molecule has 0 atom stereocenters. The molecule has 0 unspecified atom stereocenters. The quantitative estimate of drug-likeness (QED) is 0.822. The molecule has 1 heterocycles. The number of halogens is 1. The summed E-state index contributed by atoms with van der Waals surface area (Å²) in [5.41, 5.74) is 5.71. The first-order chi connectivity index (χ1) is 7.15. The molecule has 0 radical (unpaired) electrons. The van der Waals surface area contributed by atoms with Gasteiger partial charge in [0.25, 0.3) is 0 Å². The zero-order valence-electron chi connectivity index (χ0n) is 8.12. The van der Waals surface area contributed by atoms with Gasteiger partial charge in [0.05, 0.1) is 0 Å². The van der Waals surface area contributed by atoms with E-state index in [0.717, 1.165) is 15.7 Å². The van der Waals surface area contributed by atoms with E-state index in [-0.39, 0.29) is 5.82 Å². The van der Waals surface area contributed by atoms with Crippen molar-refractivity contribution < 1.29 is 4.39 Å². The van der Waals surface area contributed by atoms with Crippen molar-refractivity contribution in [1.29, 1.82) is 0 Å². The highest BCUT2D eigenvalue weighted by molar-refractivity contribution is 7.99. The molecule has 0 saturated heterocycles. The lowest BCUT2D eigenvalue weighted by Crippen LogP contribution is -1.86. The van der Waals surface area contributed by atoms with Gasteiger partial charge in [-0.15, -0.1) is 0 Å². The third kappa shape index (κ3) is 2.30. The van der Waals surface area contributed by atoms with Gasteiger partial charge in [0.1, 0.15) is 22.5 Å². The van der Waals surface area contributed by atoms with Crippen molar-refractivity contribution >= 4 is 17.6 Å². The first kappa shape index (κ1) is 10.0. The summed E-state index contributed by atoms with van der Waals surface area (Å²) in [7, 11) is 0. The summed E-state index contributed by atoms with van der Waals surface area (Å²) in [6, 6.07) is 6.23. The molecule has 0 spiro atoms. The second kappa shape index (κ2) is 3.94. The van der Waals surface area contributed by atoms with E-state index in [1.165, 1.54) is 23.9 Å². The summed E-state index contributed by atoms with van der Waals surface area (Å²) < 4.78 is 12.7. The molecule has 15 heavy (non-hydrogen) atoms. The lowest BCUT2D eigenvalue weighted by molar-refractivity contribution is 0.626. The van der Waals surface area contributed by atoms with Crippen LogP contribution in [0.3, 0.4) is 0 Å². The van der Waals surface area contributed by atoms with Gasteiger partial charge in [-0.05, 0) is 31.2 Å². The molecule has 2 rings (SSSR count). The number of aromatic amines is 1. The molecule has 0 aliphatic heterocycles. The minimum atomic E-state index is -0.245. The third-order valence-electron chi connectivity index (χ3n) is 1.84. The average Bonchev–Trinajstić information content (AvgIpc) is 2.49. The number of hydrogen-bond acceptors (Lipinski definition) is 3. The molecule has 5 heteroatoms. The van der Waals surface area contributed by atoms with E-state index < -0.39 is 0 Å². The minimum absolute atomic E-state index is 0.245. The summed E-state index contributed by atoms with van der Waals surface area (Å²) in [4.78, 5) is 8.04. The van der Waals surface area contributed by atoms with Gasteiger partial charge < -0.3 is 10.7 Å². The second-order valence-corrected chi connectivity index (χ2v) is 4.16. The van der Waals surface area contributed by atoms with Crippen LogP contribution in [0.2, 0.25) is 0 Å². The smallest absolute Gasteiger partial charge is 0.143 e. The number of imidazole rings is 1. The molecule has 0 aliphatic rings. The van der Waals surface area contributed by atoms with Gasteiger partial charge in [0.2, 0.25) is 0 Å². The van der Waals surface area contributed by atoms with Gasteiger partial charge in [-0.1, -0.05) is 11.8 Å². The van der Waals surface area contributed by atoms with Crippen LogP contribution in [0.5, 0.6) is 0 Å². The van der Waals surface area contributed by atoms with Gasteiger partial charge in [0, 0.05) is 4.90 Å². The van der Waals surface area contributed by atoms with E-state index in [2.05, 4.69) is 9.97 Å². The Bertz CT molecular complexity index is 464. The van der Waals surface area contributed by atoms with Crippen LogP contribution >= 0.6 is 11.8 Å². The van der Waals surface area contributed by atoms with Crippen LogP contribution in [0.4, 0.5) is 10.2 Å². The van der Waals surface area contributed by atoms with E-state index in [1.807, 2.05) is 6.92 Å². The molecule has 3 N–H and O–H groups in total. The minimum Gasteiger partial charge on any atom is -0.383 e. The van der Waals surface area contributed by atoms with Gasteiger partial charge in [-0.2, -0.15) is 0 Å². The zero-order chi connectivity index (χ0) is 10.8. The van der Waals surface area contributed by atoms with E-state index in [1.54, 1.807) is 12.1 Å². The average molecular weight is 223 g/mol. The van der Waals surface area contributed by atoms with E-state index in [0.29, 0.717) is 5.82 Å². The van der Waals surface area contributed by atoms with Crippen LogP contribution in [0.1, 0.15) is 5.82 Å². The molecule has 0 fully saturated rings. The first-order valence-corrected chi connectivity index (χ1v) is 5.22. The number of anilines is 1. The molecule has 0 aliphatic carbocycles. The number of nitrogens with zero attached hydrogens (tertiary/aromatic N) is 1. The number of rotatable bonds is 2. The lowest BCUT2D eigenvalue weighted by Gasteiger charge is -1.98. The van der Waals surface area contributed by atoms with Crippen LogP contribution in [-0.2, 0) is 0 Å². The van der Waals surface area contributed by atoms with Crippen molar-refractivity contribution in [1.82, 2.24) is 9.97 Å². The van der Waals surface area contributed by atoms with Crippen molar-refractivity contribution in [3.05, 3.63) is 35.9 Å². The van der Waals surface area contributed by atoms with Gasteiger partial charge in [0.15, 0.2) is 0 Å². The summed E-state index contributed by atoms with van der Waals surface area (Å²) in [6.07, 6.45) is 0. The summed E-state index contributed by atoms with van der Waals surface area (Å²) >= 11 is 1.41. The molecular formula is C10H10FN3S. The Kier molecular flexibility index (Phi) is 2.64. The Morgan fingerprint density at radius 1 is 1.33 bits per heavy atom. The lowest BCUT2D eigenvalue weighted by atomic mass is 10.4. The van der Waals surface area contributed by atoms with Gasteiger partial charge >= 0.3 is 0 Å². The highest BCUT2D eigenvalue weighted by atomic mass is 32.2. The predicted molar refractivity (Wildman–Crippen MR) is 58.3 cm³/mol. The number of nitrogen functional groups attached to an aromatic ring is 1. The Balaban J connectivity index is 2.21. The third-order valence-corrected chi connectivity index (χ3v) is 2.86. The van der Waals surface area contributed by atoms with Crippen molar-refractivity contribution in [3.8, 4) is 0 Å². The number of hydrogen-bond donors (Lipinski definition) is 2. The molecule has 1 aromatic carbocycles. The highest BCUT2D eigenvalue weighted by Gasteiger charge is 2.06. The maximum absolute atomic E-state index is 12.7. The number of aryl methyl sites for hydroxylation is 1. The normalized spacial score (nSPS) is 10.5. The fourth-order valence-electron chi connectivity index (χ4n) is 1.18. The van der Waals surface area contributed by atoms with Crippen LogP contribution in [0.15, 0.2) is 34.2 Å². The maximum atomic E-state index is 12.7. The SMILES string of the molecule is Cc1nc(Sc2ccc(F)cc2)c(N)[nH]1. The van der Waals surface area contributed by atoms with Crippen molar-refractivity contribution in [3.63, 3.8) is 0 Å². The molecule has 0 amide bonds. The number of nitrogens with one attached hydrogen (secondary N) is 1. The Hall–Kier alpha value is -1.49. The maximum Gasteiger partial charge on any atom is 0.143 e. The molecule has 78 valence electrons. The fraction of sp³-hybridized carbons (Fsp3) is 0.100.